The van der Waals surface area contributed by atoms with Gasteiger partial charge in [0.25, 0.3) is 0 Å². The number of aromatic nitrogens is 3. The van der Waals surface area contributed by atoms with E-state index < -0.39 is 17.4 Å². The summed E-state index contributed by atoms with van der Waals surface area (Å²) in [7, 11) is 2.07. The zero-order valence-electron chi connectivity index (χ0n) is 20.2. The van der Waals surface area contributed by atoms with Crippen molar-refractivity contribution in [1.82, 2.24) is 19.9 Å². The van der Waals surface area contributed by atoms with Gasteiger partial charge in [0.1, 0.15) is 11.6 Å². The van der Waals surface area contributed by atoms with Crippen molar-refractivity contribution in [2.75, 3.05) is 43.4 Å². The molecule has 0 saturated carbocycles. The monoisotopic (exact) mass is 498 g/mol. The number of fused-ring (bicyclic) bond motifs is 1. The van der Waals surface area contributed by atoms with E-state index in [1.165, 1.54) is 17.4 Å². The Bertz CT molecular complexity index is 1280. The first-order valence-electron chi connectivity index (χ1n) is 11.7. The average molecular weight is 499 g/mol. The van der Waals surface area contributed by atoms with Crippen LogP contribution in [0.3, 0.4) is 0 Å². The van der Waals surface area contributed by atoms with Gasteiger partial charge in [-0.3, -0.25) is 0 Å². The number of hydrogen-bond acceptors (Lipinski definition) is 8. The van der Waals surface area contributed by atoms with Crippen LogP contribution in [0, 0.1) is 11.6 Å². The van der Waals surface area contributed by atoms with Gasteiger partial charge in [0.2, 0.25) is 5.75 Å². The van der Waals surface area contributed by atoms with Crippen molar-refractivity contribution < 1.29 is 13.5 Å². The van der Waals surface area contributed by atoms with Crippen molar-refractivity contribution >= 4 is 34.2 Å². The van der Waals surface area contributed by atoms with Crippen molar-refractivity contribution in [2.45, 2.75) is 33.1 Å². The molecule has 3 aromatic rings. The SMILES string of the molecule is CC1=Cc2c(cc(F)c(Oc3nc(Nc4ncc(C(C)C)s4)cc(N4CCN(C)CC4)n3)c2F)C1. The maximum atomic E-state index is 15.2. The average Bonchev–Trinajstić information content (AvgIpc) is 3.43. The number of nitrogens with one attached hydrogen (secondary N) is 1. The van der Waals surface area contributed by atoms with E-state index in [4.69, 9.17) is 4.74 Å². The second-order valence-electron chi connectivity index (χ2n) is 9.38. The number of piperazine rings is 1. The molecular formula is C25H28F2N6OS. The molecule has 2 aliphatic rings. The molecule has 184 valence electrons. The fourth-order valence-electron chi connectivity index (χ4n) is 4.19. The Hall–Kier alpha value is -3.11. The summed E-state index contributed by atoms with van der Waals surface area (Å²) in [5, 5.41) is 3.89. The minimum absolute atomic E-state index is 0.124. The molecule has 10 heteroatoms. The molecule has 1 saturated heterocycles. The molecule has 1 aromatic carbocycles. The maximum absolute atomic E-state index is 15.2. The third-order valence-electron chi connectivity index (χ3n) is 6.20. The number of benzene rings is 1. The maximum Gasteiger partial charge on any atom is 0.326 e. The molecule has 3 heterocycles. The lowest BCUT2D eigenvalue weighted by Crippen LogP contribution is -2.44. The highest BCUT2D eigenvalue weighted by Gasteiger charge is 2.25. The van der Waals surface area contributed by atoms with Gasteiger partial charge in [-0.25, -0.2) is 13.8 Å². The molecule has 1 aliphatic heterocycles. The number of nitrogens with zero attached hydrogens (tertiary/aromatic N) is 5. The van der Waals surface area contributed by atoms with Gasteiger partial charge in [0, 0.05) is 48.9 Å². The van der Waals surface area contributed by atoms with Crippen molar-refractivity contribution in [3.8, 4) is 11.8 Å². The summed E-state index contributed by atoms with van der Waals surface area (Å²) in [5.74, 6) is -0.560. The second kappa shape index (κ2) is 9.50. The summed E-state index contributed by atoms with van der Waals surface area (Å²) in [4.78, 5) is 18.9. The quantitative estimate of drug-likeness (QED) is 0.476. The predicted molar refractivity (Wildman–Crippen MR) is 135 cm³/mol. The molecule has 7 nitrogen and oxygen atoms in total. The van der Waals surface area contributed by atoms with Crippen LogP contribution in [0.4, 0.5) is 25.5 Å². The zero-order valence-corrected chi connectivity index (χ0v) is 21.0. The van der Waals surface area contributed by atoms with Gasteiger partial charge in [-0.2, -0.15) is 9.97 Å². The molecule has 1 fully saturated rings. The van der Waals surface area contributed by atoms with Crippen LogP contribution in [-0.4, -0.2) is 53.1 Å². The summed E-state index contributed by atoms with van der Waals surface area (Å²) in [6, 6.07) is 3.02. The van der Waals surface area contributed by atoms with Gasteiger partial charge in [-0.05, 0) is 37.9 Å². The third-order valence-corrected chi connectivity index (χ3v) is 7.41. The van der Waals surface area contributed by atoms with Crippen LogP contribution in [0.1, 0.15) is 42.7 Å². The number of halogens is 2. The number of ether oxygens (including phenoxy) is 1. The largest absolute Gasteiger partial charge is 0.418 e. The minimum atomic E-state index is -0.769. The topological polar surface area (TPSA) is 66.4 Å². The normalized spacial score (nSPS) is 16.0. The molecule has 0 atom stereocenters. The highest BCUT2D eigenvalue weighted by atomic mass is 32.1. The first-order valence-corrected chi connectivity index (χ1v) is 12.5. The molecule has 1 N–H and O–H groups in total. The fraction of sp³-hybridized carbons (Fsp3) is 0.400. The first kappa shape index (κ1) is 23.6. The summed E-state index contributed by atoms with van der Waals surface area (Å²) >= 11 is 1.54. The Morgan fingerprint density at radius 3 is 2.60 bits per heavy atom. The molecule has 2 aromatic heterocycles. The third kappa shape index (κ3) is 4.99. The Labute approximate surface area is 207 Å². The Morgan fingerprint density at radius 1 is 1.11 bits per heavy atom. The molecule has 0 amide bonds. The minimum Gasteiger partial charge on any atom is -0.418 e. The van der Waals surface area contributed by atoms with Gasteiger partial charge < -0.3 is 19.9 Å². The number of anilines is 3. The lowest BCUT2D eigenvalue weighted by Gasteiger charge is -2.33. The van der Waals surface area contributed by atoms with Gasteiger partial charge in [0.15, 0.2) is 16.8 Å². The number of hydrogen-bond donors (Lipinski definition) is 1. The summed E-state index contributed by atoms with van der Waals surface area (Å²) in [6.07, 6.45) is 4.09. The van der Waals surface area contributed by atoms with Crippen LogP contribution < -0.4 is 15.0 Å². The van der Waals surface area contributed by atoms with Gasteiger partial charge in [-0.15, -0.1) is 11.3 Å². The van der Waals surface area contributed by atoms with Crippen LogP contribution in [-0.2, 0) is 6.42 Å². The van der Waals surface area contributed by atoms with Crippen molar-refractivity contribution in [3.63, 3.8) is 0 Å². The fourth-order valence-corrected chi connectivity index (χ4v) is 5.02. The van der Waals surface area contributed by atoms with Crippen LogP contribution in [0.2, 0.25) is 0 Å². The van der Waals surface area contributed by atoms with E-state index in [9.17, 15) is 4.39 Å². The van der Waals surface area contributed by atoms with Gasteiger partial charge >= 0.3 is 6.01 Å². The molecule has 5 rings (SSSR count). The standard InChI is InChI=1S/C25H28F2N6OS/c1-14(2)19-13-28-25(35-19)30-20-12-21(33-7-5-32(4)6-8-33)31-24(29-20)34-23-18(26)11-16-9-15(3)10-17(16)22(23)27/h10-14H,5-9H2,1-4H3,(H,28,29,30,31). The number of thiazole rings is 1. The van der Waals surface area contributed by atoms with E-state index in [0.29, 0.717) is 40.2 Å². The lowest BCUT2D eigenvalue weighted by molar-refractivity contribution is 0.311. The summed E-state index contributed by atoms with van der Waals surface area (Å²) in [5.41, 5.74) is 1.94. The van der Waals surface area contributed by atoms with Crippen LogP contribution >= 0.6 is 11.3 Å². The van der Waals surface area contributed by atoms with Crippen molar-refractivity contribution in [2.24, 2.45) is 0 Å². The van der Waals surface area contributed by atoms with Gasteiger partial charge in [0.05, 0.1) is 0 Å². The summed E-state index contributed by atoms with van der Waals surface area (Å²) < 4.78 is 35.8. The van der Waals surface area contributed by atoms with E-state index >= 15 is 4.39 Å². The number of likely N-dealkylation sites (N-methyl/N-ethyl adjacent to an activating group) is 1. The molecule has 0 bridgehead atoms. The smallest absolute Gasteiger partial charge is 0.326 e. The molecule has 1 aliphatic carbocycles. The Morgan fingerprint density at radius 2 is 1.89 bits per heavy atom. The predicted octanol–water partition coefficient (Wildman–Crippen LogP) is 5.58. The Balaban J connectivity index is 1.49. The number of allylic oxidation sites excluding steroid dienone is 1. The van der Waals surface area contributed by atoms with Crippen LogP contribution in [0.15, 0.2) is 23.9 Å². The molecule has 0 spiro atoms. The molecule has 0 radical (unpaired) electrons. The van der Waals surface area contributed by atoms with Crippen molar-refractivity contribution in [1.29, 1.82) is 0 Å². The summed E-state index contributed by atoms with van der Waals surface area (Å²) in [6.45, 7) is 9.41. The van der Waals surface area contributed by atoms with E-state index in [1.807, 2.05) is 19.2 Å². The lowest BCUT2D eigenvalue weighted by atomic mass is 10.1. The highest BCUT2D eigenvalue weighted by molar-refractivity contribution is 7.15. The van der Waals surface area contributed by atoms with Crippen LogP contribution in [0.5, 0.6) is 11.8 Å². The highest BCUT2D eigenvalue weighted by Crippen LogP contribution is 2.37. The second-order valence-corrected chi connectivity index (χ2v) is 10.4. The van der Waals surface area contributed by atoms with E-state index in [1.54, 1.807) is 6.08 Å². The molecule has 0 unspecified atom stereocenters. The van der Waals surface area contributed by atoms with Gasteiger partial charge in [-0.1, -0.05) is 25.5 Å². The van der Waals surface area contributed by atoms with Crippen LogP contribution in [0.25, 0.3) is 6.08 Å². The molecule has 35 heavy (non-hydrogen) atoms. The van der Waals surface area contributed by atoms with E-state index in [-0.39, 0.29) is 6.01 Å². The number of rotatable bonds is 6. The zero-order chi connectivity index (χ0) is 24.7. The van der Waals surface area contributed by atoms with Crippen molar-refractivity contribution in [3.05, 3.63) is 51.5 Å². The van der Waals surface area contributed by atoms with E-state index in [2.05, 4.69) is 51.0 Å². The van der Waals surface area contributed by atoms with E-state index in [0.717, 1.165) is 36.6 Å². The molecular weight excluding hydrogens is 470 g/mol. The Kier molecular flexibility index (Phi) is 6.41. The first-order chi connectivity index (χ1) is 16.8.